The summed E-state index contributed by atoms with van der Waals surface area (Å²) in [7, 11) is 0. The molecule has 0 aliphatic heterocycles. The molecule has 0 bridgehead atoms. The molecule has 0 amide bonds. The molecule has 1 atom stereocenters. The third-order valence-electron chi connectivity index (χ3n) is 4.64. The van der Waals surface area contributed by atoms with Crippen molar-refractivity contribution in [1.82, 2.24) is 4.37 Å². The average molecular weight is 310 g/mol. The fourth-order valence-corrected chi connectivity index (χ4v) is 4.02. The molecule has 1 heterocycles. The Balaban J connectivity index is 2.52. The quantitative estimate of drug-likeness (QED) is 0.377. The molecular formula is C19H35NS. The van der Waals surface area contributed by atoms with E-state index in [9.17, 15) is 0 Å². The van der Waals surface area contributed by atoms with Crippen molar-refractivity contribution in [3.05, 3.63) is 16.6 Å². The van der Waals surface area contributed by atoms with E-state index in [0.717, 1.165) is 0 Å². The Hall–Kier alpha value is -0.370. The van der Waals surface area contributed by atoms with Gasteiger partial charge in [-0.05, 0) is 37.4 Å². The highest BCUT2D eigenvalue weighted by Crippen LogP contribution is 2.37. The highest BCUT2D eigenvalue weighted by molar-refractivity contribution is 7.06. The van der Waals surface area contributed by atoms with Gasteiger partial charge in [-0.3, -0.25) is 0 Å². The van der Waals surface area contributed by atoms with E-state index in [1.807, 2.05) is 0 Å². The minimum absolute atomic E-state index is 0.367. The third-order valence-corrected chi connectivity index (χ3v) is 5.82. The van der Waals surface area contributed by atoms with E-state index in [1.165, 1.54) is 81.2 Å². The summed E-state index contributed by atoms with van der Waals surface area (Å²) in [5.41, 5.74) is 1.56. The number of hydrogen-bond donors (Lipinski definition) is 0. The van der Waals surface area contributed by atoms with Gasteiger partial charge in [-0.1, -0.05) is 78.6 Å². The first-order valence-corrected chi connectivity index (χ1v) is 9.83. The second kappa shape index (κ2) is 10.4. The van der Waals surface area contributed by atoms with Crippen molar-refractivity contribution in [2.45, 2.75) is 104 Å². The minimum atomic E-state index is 0.367. The maximum Gasteiger partial charge on any atom is 0.0514 e. The average Bonchev–Trinajstić information content (AvgIpc) is 2.91. The van der Waals surface area contributed by atoms with Gasteiger partial charge < -0.3 is 0 Å². The van der Waals surface area contributed by atoms with E-state index >= 15 is 0 Å². The van der Waals surface area contributed by atoms with E-state index < -0.39 is 0 Å². The molecule has 0 spiro atoms. The summed E-state index contributed by atoms with van der Waals surface area (Å²) >= 11 is 1.74. The lowest BCUT2D eigenvalue weighted by molar-refractivity contribution is 0.369. The fraction of sp³-hybridized carbons (Fsp3) is 0.842. The van der Waals surface area contributed by atoms with Crippen LogP contribution < -0.4 is 0 Å². The molecule has 1 rings (SSSR count). The molecule has 0 fully saturated rings. The molecular weight excluding hydrogens is 274 g/mol. The lowest BCUT2D eigenvalue weighted by Gasteiger charge is -2.28. The Bertz CT molecular complexity index is 371. The second-order valence-corrected chi connectivity index (χ2v) is 7.67. The maximum absolute atomic E-state index is 4.53. The van der Waals surface area contributed by atoms with E-state index in [4.69, 9.17) is 0 Å². The fourth-order valence-electron chi connectivity index (χ4n) is 3.08. The molecule has 1 aromatic heterocycles. The number of aryl methyl sites for hydroxylation is 1. The molecule has 1 unspecified atom stereocenters. The summed E-state index contributed by atoms with van der Waals surface area (Å²) in [5.74, 6) is 0. The molecule has 21 heavy (non-hydrogen) atoms. The van der Waals surface area contributed by atoms with Gasteiger partial charge in [0.2, 0.25) is 0 Å². The number of nitrogens with zero attached hydrogens (tertiary/aromatic N) is 1. The molecule has 0 saturated heterocycles. The van der Waals surface area contributed by atoms with Gasteiger partial charge in [-0.25, -0.2) is 0 Å². The van der Waals surface area contributed by atoms with Crippen molar-refractivity contribution in [3.8, 4) is 0 Å². The van der Waals surface area contributed by atoms with E-state index in [-0.39, 0.29) is 0 Å². The van der Waals surface area contributed by atoms with Crippen LogP contribution in [0.1, 0.15) is 102 Å². The third kappa shape index (κ3) is 6.95. The first-order chi connectivity index (χ1) is 10.1. The predicted octanol–water partition coefficient (Wildman–Crippen LogP) is 7.04. The van der Waals surface area contributed by atoms with Crippen molar-refractivity contribution in [2.75, 3.05) is 0 Å². The second-order valence-electron chi connectivity index (χ2n) is 6.87. The van der Waals surface area contributed by atoms with Crippen LogP contribution in [-0.4, -0.2) is 4.37 Å². The van der Waals surface area contributed by atoms with Crippen molar-refractivity contribution >= 4 is 11.5 Å². The van der Waals surface area contributed by atoms with Crippen LogP contribution in [0.15, 0.2) is 6.07 Å². The highest BCUT2D eigenvalue weighted by atomic mass is 32.1. The van der Waals surface area contributed by atoms with Crippen LogP contribution in [-0.2, 0) is 5.41 Å². The van der Waals surface area contributed by atoms with Gasteiger partial charge in [-0.15, -0.1) is 0 Å². The van der Waals surface area contributed by atoms with Gasteiger partial charge in [0.15, 0.2) is 0 Å². The molecule has 0 radical (unpaired) electrons. The van der Waals surface area contributed by atoms with Crippen LogP contribution >= 0.6 is 11.5 Å². The lowest BCUT2D eigenvalue weighted by Crippen LogP contribution is -2.20. The van der Waals surface area contributed by atoms with Crippen molar-refractivity contribution in [2.24, 2.45) is 0 Å². The van der Waals surface area contributed by atoms with Crippen molar-refractivity contribution in [3.63, 3.8) is 0 Å². The molecule has 122 valence electrons. The predicted molar refractivity (Wildman–Crippen MR) is 96.3 cm³/mol. The monoisotopic (exact) mass is 309 g/mol. The molecule has 0 aromatic carbocycles. The summed E-state index contributed by atoms with van der Waals surface area (Å²) in [6.07, 6.45) is 15.1. The zero-order valence-electron chi connectivity index (χ0n) is 14.7. The summed E-state index contributed by atoms with van der Waals surface area (Å²) in [4.78, 5) is 1.52. The SMILES string of the molecule is CCCCCCCC(C)(CCCCCC)c1cc(C)ns1. The van der Waals surface area contributed by atoms with Gasteiger partial charge >= 0.3 is 0 Å². The zero-order valence-corrected chi connectivity index (χ0v) is 15.5. The summed E-state index contributed by atoms with van der Waals surface area (Å²) < 4.78 is 4.53. The first kappa shape index (κ1) is 18.7. The van der Waals surface area contributed by atoms with Crippen LogP contribution in [0.4, 0.5) is 0 Å². The Kier molecular flexibility index (Phi) is 9.23. The Labute approximate surface area is 136 Å². The smallest absolute Gasteiger partial charge is 0.0514 e. The highest BCUT2D eigenvalue weighted by Gasteiger charge is 2.27. The molecule has 0 aliphatic rings. The number of aromatic nitrogens is 1. The Morgan fingerprint density at radius 1 is 0.905 bits per heavy atom. The normalized spacial score (nSPS) is 14.3. The van der Waals surface area contributed by atoms with Crippen LogP contribution in [0, 0.1) is 6.92 Å². The van der Waals surface area contributed by atoms with Gasteiger partial charge in [0.1, 0.15) is 0 Å². The van der Waals surface area contributed by atoms with Gasteiger partial charge in [0.05, 0.1) is 5.69 Å². The largest absolute Gasteiger partial charge is 0.198 e. The molecule has 1 aromatic rings. The molecule has 0 N–H and O–H groups in total. The first-order valence-electron chi connectivity index (χ1n) is 9.06. The van der Waals surface area contributed by atoms with Gasteiger partial charge in [-0.2, -0.15) is 4.37 Å². The summed E-state index contributed by atoms with van der Waals surface area (Å²) in [5, 5.41) is 0. The summed E-state index contributed by atoms with van der Waals surface area (Å²) in [6, 6.07) is 2.33. The lowest BCUT2D eigenvalue weighted by atomic mass is 9.78. The van der Waals surface area contributed by atoms with Crippen molar-refractivity contribution < 1.29 is 0 Å². The van der Waals surface area contributed by atoms with E-state index in [1.54, 1.807) is 11.5 Å². The topological polar surface area (TPSA) is 12.9 Å². The van der Waals surface area contributed by atoms with Crippen LogP contribution in [0.25, 0.3) is 0 Å². The molecule has 0 aliphatic carbocycles. The van der Waals surface area contributed by atoms with Crippen LogP contribution in [0.2, 0.25) is 0 Å². The zero-order chi connectivity index (χ0) is 15.6. The standard InChI is InChI=1S/C19H35NS/c1-5-7-9-11-13-15-19(4,14-12-10-8-6-2)18-16-17(3)20-21-18/h16H,5-15H2,1-4H3. The minimum Gasteiger partial charge on any atom is -0.198 e. The maximum atomic E-state index is 4.53. The number of unbranched alkanes of at least 4 members (excludes halogenated alkanes) is 7. The molecule has 2 heteroatoms. The van der Waals surface area contributed by atoms with E-state index in [2.05, 4.69) is 38.1 Å². The number of hydrogen-bond acceptors (Lipinski definition) is 2. The number of rotatable bonds is 12. The van der Waals surface area contributed by atoms with Gasteiger partial charge in [0.25, 0.3) is 0 Å². The van der Waals surface area contributed by atoms with Gasteiger partial charge in [0, 0.05) is 10.3 Å². The molecule has 1 nitrogen and oxygen atoms in total. The van der Waals surface area contributed by atoms with Crippen molar-refractivity contribution in [1.29, 1.82) is 0 Å². The Morgan fingerprint density at radius 2 is 1.43 bits per heavy atom. The van der Waals surface area contributed by atoms with E-state index in [0.29, 0.717) is 5.41 Å². The van der Waals surface area contributed by atoms with Crippen LogP contribution in [0.5, 0.6) is 0 Å². The molecule has 0 saturated carbocycles. The Morgan fingerprint density at radius 3 is 1.90 bits per heavy atom. The van der Waals surface area contributed by atoms with Crippen LogP contribution in [0.3, 0.4) is 0 Å². The summed E-state index contributed by atoms with van der Waals surface area (Å²) in [6.45, 7) is 9.18.